The molecular formula is C35H92S27Si13. The molecule has 0 amide bonds. The van der Waals surface area contributed by atoms with Crippen molar-refractivity contribution >= 4 is 379 Å². The van der Waals surface area contributed by atoms with Crippen molar-refractivity contribution in [3.05, 3.63) is 30.3 Å². The van der Waals surface area contributed by atoms with E-state index in [1.807, 2.05) is 0 Å². The minimum absolute atomic E-state index is 1.75. The second kappa shape index (κ2) is 39.4. The van der Waals surface area contributed by atoms with Gasteiger partial charge in [0.1, 0.15) is 12.3 Å². The Morgan fingerprint density at radius 3 is 0.453 bits per heavy atom. The summed E-state index contributed by atoms with van der Waals surface area (Å²) >= 11 is 65.0. The van der Waals surface area contributed by atoms with Gasteiger partial charge in [-0.05, 0) is 169 Å². The molecule has 75 heavy (non-hydrogen) atoms. The van der Waals surface area contributed by atoms with Crippen LogP contribution in [-0.4, -0.2) is 240 Å². The van der Waals surface area contributed by atoms with Gasteiger partial charge >= 0.3 is 0 Å². The number of rotatable bonds is 39. The van der Waals surface area contributed by atoms with Crippen LogP contribution >= 0.6 is 303 Å². The first-order chi connectivity index (χ1) is 35.5. The highest BCUT2D eigenvalue weighted by Gasteiger charge is 2.94. The first-order valence-electron chi connectivity index (χ1n) is 22.4. The van der Waals surface area contributed by atoms with Crippen LogP contribution in [0.2, 0.25) is 13.1 Å². The van der Waals surface area contributed by atoms with E-state index in [4.69, 9.17) is 0 Å². The third-order valence-electron chi connectivity index (χ3n) is 14.5. The topological polar surface area (TPSA) is 0 Å². The molecule has 0 bridgehead atoms. The van der Waals surface area contributed by atoms with E-state index in [-0.39, 0.29) is 0 Å². The van der Waals surface area contributed by atoms with Crippen LogP contribution < -0.4 is 5.19 Å². The van der Waals surface area contributed by atoms with Gasteiger partial charge in [-0.3, -0.25) is 0 Å². The van der Waals surface area contributed by atoms with Crippen molar-refractivity contribution in [1.82, 2.24) is 0 Å². The average Bonchev–Trinajstić information content (AvgIpc) is 3.47. The highest BCUT2D eigenvalue weighted by molar-refractivity contribution is 9.13. The minimum atomic E-state index is -2.21. The standard InChI is InChI=1S/C20H60S18Si9.C15H32S9Si4/c1-21-40(22-2,23-3)46(41(24-4,25-5)26-6,42(27-7,28-8)29-9)39(19,20)47(43(30-10,31-11)32-12,44(33-13,34-14)35-15)45(36-16,37-17)38-18;1-16-26(17-2,18-3)25(15-13-11-10-12-14-15,27(19-4,20-5)21-6)28(22-7,23-8)24-9/h1-20H3;10-14H,1-9H3. The molecule has 0 heterocycles. The van der Waals surface area contributed by atoms with Crippen molar-refractivity contribution in [2.75, 3.05) is 169 Å². The summed E-state index contributed by atoms with van der Waals surface area (Å²) in [6.07, 6.45) is 64.5. The molecule has 0 saturated carbocycles. The van der Waals surface area contributed by atoms with Crippen molar-refractivity contribution in [1.29, 1.82) is 0 Å². The quantitative estimate of drug-likeness (QED) is 0.0574. The largest absolute Gasteiger partial charge is 0.229 e. The maximum atomic E-state index is 3.23. The van der Waals surface area contributed by atoms with Gasteiger partial charge in [-0.1, -0.05) is 48.6 Å². The van der Waals surface area contributed by atoms with Gasteiger partial charge < -0.3 is 0 Å². The first kappa shape index (κ1) is 86.5. The molecule has 0 atom stereocenters. The summed E-state index contributed by atoms with van der Waals surface area (Å²) in [5, 5.41) is -15.6. The van der Waals surface area contributed by atoms with E-state index < -0.39 is 71.4 Å². The molecule has 1 rings (SSSR count). The molecule has 0 nitrogen and oxygen atoms in total. The van der Waals surface area contributed by atoms with Gasteiger partial charge in [0.05, 0.1) is 0 Å². The van der Waals surface area contributed by atoms with Gasteiger partial charge in [-0.15, -0.1) is 0 Å². The Kier molecular flexibility index (Phi) is 45.4. The smallest absolute Gasteiger partial charge is 0.169 e. The van der Waals surface area contributed by atoms with Gasteiger partial charge in [-0.25, -0.2) is 0 Å². The monoisotopic (exact) mass is 1740 g/mol. The molecule has 0 N–H and O–H groups in total. The zero-order valence-corrected chi connectivity index (χ0v) is 85.0. The highest BCUT2D eigenvalue weighted by atomic mass is 32.9. The maximum Gasteiger partial charge on any atom is 0.229 e. The molecule has 0 aromatic heterocycles. The second-order valence-corrected chi connectivity index (χ2v) is 255. The molecule has 0 fully saturated rings. The fourth-order valence-corrected chi connectivity index (χ4v) is 1130. The molecule has 0 saturated heterocycles. The lowest BCUT2D eigenvalue weighted by Crippen LogP contribution is -3.05. The Hall–Kier alpha value is 11.5. The third-order valence-corrected chi connectivity index (χ3v) is 582. The summed E-state index contributed by atoms with van der Waals surface area (Å²) < 4.78 is 0. The lowest BCUT2D eigenvalue weighted by atomic mass is 10.4. The van der Waals surface area contributed by atoms with E-state index in [9.17, 15) is 0 Å². The predicted octanol–water partition coefficient (Wildman–Crippen LogP) is 19.0. The van der Waals surface area contributed by atoms with Crippen LogP contribution in [0.5, 0.6) is 0 Å². The van der Waals surface area contributed by atoms with Crippen molar-refractivity contribution < 1.29 is 0 Å². The summed E-state index contributed by atoms with van der Waals surface area (Å²) in [7, 11) is -2.18. The average molecular weight is 1740 g/mol. The fourth-order valence-electron chi connectivity index (χ4n) is 11.9. The van der Waals surface area contributed by atoms with Crippen LogP contribution in [0, 0.1) is 0 Å². The maximum absolute atomic E-state index is 3.23. The number of benzene rings is 1. The van der Waals surface area contributed by atoms with Crippen LogP contribution in [0.25, 0.3) is 0 Å². The Bertz CT molecular complexity index is 1440. The molecule has 0 spiro atoms. The van der Waals surface area contributed by atoms with Crippen LogP contribution in [-0.2, 0) is 0 Å². The van der Waals surface area contributed by atoms with Crippen LogP contribution in [0.15, 0.2) is 30.3 Å². The Labute approximate surface area is 580 Å². The van der Waals surface area contributed by atoms with Gasteiger partial charge in [0.25, 0.3) is 0 Å². The zero-order valence-electron chi connectivity index (χ0n) is 49.9. The number of hydrogen-bond acceptors (Lipinski definition) is 27. The van der Waals surface area contributed by atoms with Crippen LogP contribution in [0.3, 0.4) is 0 Å². The molecule has 40 heteroatoms. The predicted molar refractivity (Wildman–Crippen MR) is 478 cm³/mol. The third kappa shape index (κ3) is 14.1. The lowest BCUT2D eigenvalue weighted by Gasteiger charge is -2.73. The summed E-state index contributed by atoms with van der Waals surface area (Å²) in [4.78, 5) is 0. The van der Waals surface area contributed by atoms with Gasteiger partial charge in [0.15, 0.2) is 6.63 Å². The Balaban J connectivity index is 0.00000166. The van der Waals surface area contributed by atoms with Crippen molar-refractivity contribution in [3.63, 3.8) is 0 Å². The van der Waals surface area contributed by atoms with Crippen molar-refractivity contribution in [3.8, 4) is 0 Å². The molecule has 0 aliphatic carbocycles. The second-order valence-electron chi connectivity index (χ2n) is 15.8. The lowest BCUT2D eigenvalue weighted by molar-refractivity contribution is 1.77. The van der Waals surface area contributed by atoms with E-state index in [0.29, 0.717) is 0 Å². The summed E-state index contributed by atoms with van der Waals surface area (Å²) in [5.74, 6) is 0. The van der Waals surface area contributed by atoms with E-state index in [1.54, 1.807) is 5.19 Å². The molecule has 0 radical (unpaired) electrons. The highest BCUT2D eigenvalue weighted by Crippen LogP contribution is 2.75. The Morgan fingerprint density at radius 2 is 0.333 bits per heavy atom. The molecule has 1 aromatic rings. The zero-order chi connectivity index (χ0) is 58.7. The molecule has 0 unspecified atom stereocenters. The molecular weight excluding hydrogens is 1650 g/mol. The van der Waals surface area contributed by atoms with Crippen molar-refractivity contribution in [2.24, 2.45) is 0 Å². The van der Waals surface area contributed by atoms with E-state index in [2.05, 4.69) is 515 Å². The normalized spacial score (nSPS) is 14.6. The first-order valence-corrected chi connectivity index (χ1v) is 113. The van der Waals surface area contributed by atoms with E-state index in [0.717, 1.165) is 0 Å². The molecule has 446 valence electrons. The fraction of sp³-hybridized carbons (Fsp3) is 0.829. The van der Waals surface area contributed by atoms with E-state index >= 15 is 0 Å². The van der Waals surface area contributed by atoms with E-state index in [1.165, 1.54) is 0 Å². The minimum Gasteiger partial charge on any atom is -0.169 e. The Morgan fingerprint density at radius 1 is 0.200 bits per heavy atom. The van der Waals surface area contributed by atoms with Gasteiger partial charge in [0, 0.05) is 7.11 Å². The summed E-state index contributed by atoms with van der Waals surface area (Å²) in [6.45, 7) is 4.52. The number of hydrogen-bond donors (Lipinski definition) is 0. The SMILES string of the molecule is CS[Si](SC)(SC)[Si]([Si](SC)(SC)SC)([Si](SC)(SC)SC)[Si](C)(C)[Si]([Si](SC)(SC)SC)([Si](SC)(SC)SC)[Si](SC)(SC)SC.CS[Si](SC)(SC)[Si](c1ccccc1)([Si](SC)(SC)SC)[Si](SC)(SC)SC. The van der Waals surface area contributed by atoms with Gasteiger partial charge in [0.2, 0.25) is 45.4 Å². The molecule has 0 aliphatic rings. The molecule has 1 aromatic carbocycles. The summed E-state index contributed by atoms with van der Waals surface area (Å²) in [5.41, 5.74) is 0. The van der Waals surface area contributed by atoms with Crippen LogP contribution in [0.1, 0.15) is 0 Å². The summed E-state index contributed by atoms with van der Waals surface area (Å²) in [6, 6.07) is 11.9. The van der Waals surface area contributed by atoms with Crippen molar-refractivity contribution in [2.45, 2.75) is 13.1 Å². The van der Waals surface area contributed by atoms with Crippen LogP contribution in [0.4, 0.5) is 0 Å². The molecule has 0 aliphatic heterocycles. The van der Waals surface area contributed by atoms with Gasteiger partial charge in [-0.2, -0.15) is 303 Å².